The van der Waals surface area contributed by atoms with Gasteiger partial charge in [-0.3, -0.25) is 9.59 Å². The first kappa shape index (κ1) is 22.8. The molecule has 1 saturated heterocycles. The van der Waals surface area contributed by atoms with Gasteiger partial charge in [-0.25, -0.2) is 0 Å². The Morgan fingerprint density at radius 2 is 1.79 bits per heavy atom. The van der Waals surface area contributed by atoms with Gasteiger partial charge in [0, 0.05) is 26.2 Å². The lowest BCUT2D eigenvalue weighted by atomic mass is 9.91. The van der Waals surface area contributed by atoms with Crippen LogP contribution in [0.25, 0.3) is 11.1 Å². The summed E-state index contributed by atoms with van der Waals surface area (Å²) in [5, 5.41) is 3.94. The fourth-order valence-electron chi connectivity index (χ4n) is 4.62. The standard InChI is InChI=1S/C27H31N3O3/c1-5-29-14-15-30(27(32)25-19(3)28-33-20(25)4)17-23(26(29)31)16-22-8-6-7-9-24(22)21-12-10-18(2)11-13-21/h6-13,23H,5,14-17H2,1-4H3. The van der Waals surface area contributed by atoms with Crippen LogP contribution in [0.2, 0.25) is 0 Å². The van der Waals surface area contributed by atoms with E-state index in [1.54, 1.807) is 18.7 Å². The number of benzene rings is 2. The fraction of sp³-hybridized carbons (Fsp3) is 0.370. The van der Waals surface area contributed by atoms with Crippen molar-refractivity contribution < 1.29 is 14.1 Å². The van der Waals surface area contributed by atoms with Gasteiger partial charge in [0.25, 0.3) is 5.91 Å². The molecule has 0 N–H and O–H groups in total. The van der Waals surface area contributed by atoms with Gasteiger partial charge in [0.2, 0.25) is 5.91 Å². The summed E-state index contributed by atoms with van der Waals surface area (Å²) >= 11 is 0. The molecule has 3 aromatic rings. The van der Waals surface area contributed by atoms with E-state index in [2.05, 4.69) is 48.5 Å². The molecule has 1 fully saturated rings. The molecule has 2 aromatic carbocycles. The van der Waals surface area contributed by atoms with E-state index in [0.717, 1.165) is 16.7 Å². The second kappa shape index (κ2) is 9.61. The van der Waals surface area contributed by atoms with Gasteiger partial charge in [-0.2, -0.15) is 0 Å². The first-order valence-corrected chi connectivity index (χ1v) is 11.5. The summed E-state index contributed by atoms with van der Waals surface area (Å²) in [6.07, 6.45) is 0.574. The summed E-state index contributed by atoms with van der Waals surface area (Å²) in [4.78, 5) is 30.4. The Morgan fingerprint density at radius 3 is 2.45 bits per heavy atom. The van der Waals surface area contributed by atoms with Crippen molar-refractivity contribution >= 4 is 11.8 Å². The van der Waals surface area contributed by atoms with Crippen molar-refractivity contribution in [3.63, 3.8) is 0 Å². The van der Waals surface area contributed by atoms with Crippen LogP contribution in [0.3, 0.4) is 0 Å². The molecule has 0 spiro atoms. The number of amides is 2. The fourth-order valence-corrected chi connectivity index (χ4v) is 4.62. The van der Waals surface area contributed by atoms with E-state index in [-0.39, 0.29) is 17.7 Å². The average Bonchev–Trinajstić information content (AvgIpc) is 3.06. The number of carbonyl (C=O) groups is 2. The SMILES string of the molecule is CCN1CCN(C(=O)c2c(C)noc2C)CC(Cc2ccccc2-c2ccc(C)cc2)C1=O. The van der Waals surface area contributed by atoms with E-state index in [9.17, 15) is 9.59 Å². The minimum absolute atomic E-state index is 0.102. The number of aromatic nitrogens is 1. The Morgan fingerprint density at radius 1 is 1.06 bits per heavy atom. The monoisotopic (exact) mass is 445 g/mol. The number of rotatable bonds is 5. The molecule has 2 amide bonds. The van der Waals surface area contributed by atoms with Crippen LogP contribution in [-0.2, 0) is 11.2 Å². The van der Waals surface area contributed by atoms with Crippen LogP contribution in [0.15, 0.2) is 53.1 Å². The highest BCUT2D eigenvalue weighted by molar-refractivity contribution is 5.96. The summed E-state index contributed by atoms with van der Waals surface area (Å²) in [6, 6.07) is 16.7. The van der Waals surface area contributed by atoms with Crippen molar-refractivity contribution in [3.05, 3.63) is 76.7 Å². The maximum absolute atomic E-state index is 13.4. The zero-order valence-corrected chi connectivity index (χ0v) is 19.8. The Labute approximate surface area is 195 Å². The Hall–Kier alpha value is -3.41. The lowest BCUT2D eigenvalue weighted by Crippen LogP contribution is -2.38. The molecule has 6 heteroatoms. The summed E-state index contributed by atoms with van der Waals surface area (Å²) in [6.45, 7) is 9.62. The molecule has 172 valence electrons. The molecule has 1 unspecified atom stereocenters. The minimum Gasteiger partial charge on any atom is -0.361 e. The van der Waals surface area contributed by atoms with Gasteiger partial charge >= 0.3 is 0 Å². The van der Waals surface area contributed by atoms with Gasteiger partial charge < -0.3 is 14.3 Å². The number of hydrogen-bond donors (Lipinski definition) is 0. The molecule has 4 rings (SSSR count). The maximum Gasteiger partial charge on any atom is 0.259 e. The summed E-state index contributed by atoms with van der Waals surface area (Å²) in [5.74, 6) is 0.184. The van der Waals surface area contributed by atoms with Crippen LogP contribution in [0, 0.1) is 26.7 Å². The van der Waals surface area contributed by atoms with E-state index in [0.29, 0.717) is 49.6 Å². The van der Waals surface area contributed by atoms with Gasteiger partial charge in [0.05, 0.1) is 11.6 Å². The normalized spacial score (nSPS) is 16.7. The topological polar surface area (TPSA) is 66.7 Å². The molecule has 1 atom stereocenters. The molecular formula is C27H31N3O3. The molecule has 0 saturated carbocycles. The summed E-state index contributed by atoms with van der Waals surface area (Å²) in [7, 11) is 0. The van der Waals surface area contributed by atoms with Gasteiger partial charge in [-0.05, 0) is 50.8 Å². The van der Waals surface area contributed by atoms with Gasteiger partial charge in [-0.1, -0.05) is 59.3 Å². The lowest BCUT2D eigenvalue weighted by molar-refractivity contribution is -0.134. The van der Waals surface area contributed by atoms with Crippen molar-refractivity contribution in [3.8, 4) is 11.1 Å². The van der Waals surface area contributed by atoms with Crippen molar-refractivity contribution in [2.75, 3.05) is 26.2 Å². The first-order valence-electron chi connectivity index (χ1n) is 11.5. The van der Waals surface area contributed by atoms with Crippen LogP contribution < -0.4 is 0 Å². The number of nitrogens with zero attached hydrogens (tertiary/aromatic N) is 3. The Bertz CT molecular complexity index is 1130. The largest absolute Gasteiger partial charge is 0.361 e. The van der Waals surface area contributed by atoms with Crippen LogP contribution in [0.4, 0.5) is 0 Å². The molecule has 0 radical (unpaired) electrons. The number of carbonyl (C=O) groups excluding carboxylic acids is 2. The van der Waals surface area contributed by atoms with Crippen LogP contribution in [0.5, 0.6) is 0 Å². The Balaban J connectivity index is 1.65. The predicted octanol–water partition coefficient (Wildman–Crippen LogP) is 4.43. The lowest BCUT2D eigenvalue weighted by Gasteiger charge is -2.24. The third-order valence-electron chi connectivity index (χ3n) is 6.50. The maximum atomic E-state index is 13.4. The van der Waals surface area contributed by atoms with Gasteiger partial charge in [0.15, 0.2) is 0 Å². The van der Waals surface area contributed by atoms with E-state index < -0.39 is 0 Å². The van der Waals surface area contributed by atoms with E-state index >= 15 is 0 Å². The highest BCUT2D eigenvalue weighted by Crippen LogP contribution is 2.28. The number of likely N-dealkylation sites (N-methyl/N-ethyl adjacent to an activating group) is 1. The van der Waals surface area contributed by atoms with Gasteiger partial charge in [-0.15, -0.1) is 0 Å². The van der Waals surface area contributed by atoms with Crippen LogP contribution in [0.1, 0.15) is 39.9 Å². The highest BCUT2D eigenvalue weighted by Gasteiger charge is 2.34. The average molecular weight is 446 g/mol. The molecule has 2 heterocycles. The zero-order valence-electron chi connectivity index (χ0n) is 19.8. The third-order valence-corrected chi connectivity index (χ3v) is 6.50. The highest BCUT2D eigenvalue weighted by atomic mass is 16.5. The van der Waals surface area contributed by atoms with Crippen molar-refractivity contribution in [2.24, 2.45) is 5.92 Å². The second-order valence-electron chi connectivity index (χ2n) is 8.79. The molecular weight excluding hydrogens is 414 g/mol. The molecule has 6 nitrogen and oxygen atoms in total. The number of aryl methyl sites for hydroxylation is 3. The van der Waals surface area contributed by atoms with Crippen molar-refractivity contribution in [1.82, 2.24) is 15.0 Å². The van der Waals surface area contributed by atoms with E-state index in [1.807, 2.05) is 24.0 Å². The molecule has 33 heavy (non-hydrogen) atoms. The molecule has 0 aliphatic carbocycles. The second-order valence-corrected chi connectivity index (χ2v) is 8.79. The summed E-state index contributed by atoms with van der Waals surface area (Å²) < 4.78 is 5.22. The molecule has 1 aliphatic rings. The van der Waals surface area contributed by atoms with Crippen LogP contribution >= 0.6 is 0 Å². The Kier molecular flexibility index (Phi) is 6.63. The molecule has 1 aliphatic heterocycles. The molecule has 0 bridgehead atoms. The quantitative estimate of drug-likeness (QED) is 0.583. The van der Waals surface area contributed by atoms with Crippen molar-refractivity contribution in [1.29, 1.82) is 0 Å². The number of hydrogen-bond acceptors (Lipinski definition) is 4. The van der Waals surface area contributed by atoms with Crippen LogP contribution in [-0.4, -0.2) is 52.9 Å². The summed E-state index contributed by atoms with van der Waals surface area (Å²) in [5.41, 5.74) is 5.67. The first-order chi connectivity index (χ1) is 15.9. The van der Waals surface area contributed by atoms with E-state index in [1.165, 1.54) is 5.56 Å². The third kappa shape index (κ3) is 4.70. The minimum atomic E-state index is -0.316. The molecule has 1 aromatic heterocycles. The zero-order chi connectivity index (χ0) is 23.5. The van der Waals surface area contributed by atoms with Gasteiger partial charge in [0.1, 0.15) is 11.3 Å². The van der Waals surface area contributed by atoms with E-state index in [4.69, 9.17) is 4.52 Å². The smallest absolute Gasteiger partial charge is 0.259 e. The predicted molar refractivity (Wildman–Crippen MR) is 128 cm³/mol. The van der Waals surface area contributed by atoms with Crippen molar-refractivity contribution in [2.45, 2.75) is 34.1 Å².